The lowest BCUT2D eigenvalue weighted by Crippen LogP contribution is -2.34. The number of thiocarbonyl (C=S) groups is 1. The van der Waals surface area contributed by atoms with E-state index < -0.39 is 10.0 Å². The summed E-state index contributed by atoms with van der Waals surface area (Å²) in [5, 5.41) is 5.60. The van der Waals surface area contributed by atoms with Gasteiger partial charge in [0.2, 0.25) is 10.0 Å². The zero-order valence-electron chi connectivity index (χ0n) is 20.0. The summed E-state index contributed by atoms with van der Waals surface area (Å²) in [6.45, 7) is 4.98. The predicted molar refractivity (Wildman–Crippen MR) is 150 cm³/mol. The zero-order valence-corrected chi connectivity index (χ0v) is 23.2. The maximum Gasteiger partial charge on any atom is 0.257 e. The standard InChI is InChI=1S/C26H28BrN3O4S2/c1-18(2)17-34-24-13-8-20(16-23(24)27)25(31)30-26(35)29-21-9-11-22(12-10-21)36(32,33)28-15-14-19-6-4-3-5-7-19/h3-13,16,18,28H,14-15,17H2,1-2H3,(H2,29,30,31,35). The lowest BCUT2D eigenvalue weighted by atomic mass is 10.2. The molecule has 0 radical (unpaired) electrons. The predicted octanol–water partition coefficient (Wildman–Crippen LogP) is 5.13. The Morgan fingerprint density at radius 1 is 1.03 bits per heavy atom. The Balaban J connectivity index is 1.52. The first-order chi connectivity index (χ1) is 17.1. The minimum absolute atomic E-state index is 0.0906. The molecule has 0 heterocycles. The molecule has 0 aliphatic carbocycles. The molecule has 190 valence electrons. The van der Waals surface area contributed by atoms with Gasteiger partial charge in [-0.1, -0.05) is 44.2 Å². The number of sulfonamides is 1. The lowest BCUT2D eigenvalue weighted by molar-refractivity contribution is 0.0977. The van der Waals surface area contributed by atoms with Crippen molar-refractivity contribution in [1.29, 1.82) is 0 Å². The fourth-order valence-corrected chi connectivity index (χ4v) is 4.86. The molecule has 0 bridgehead atoms. The van der Waals surface area contributed by atoms with Gasteiger partial charge < -0.3 is 10.1 Å². The van der Waals surface area contributed by atoms with Crippen LogP contribution in [0.2, 0.25) is 0 Å². The summed E-state index contributed by atoms with van der Waals surface area (Å²) < 4.78 is 34.1. The highest BCUT2D eigenvalue weighted by Gasteiger charge is 2.14. The van der Waals surface area contributed by atoms with Crippen LogP contribution in [0.15, 0.2) is 82.2 Å². The Hall–Kier alpha value is -2.79. The van der Waals surface area contributed by atoms with Crippen LogP contribution in [0.25, 0.3) is 0 Å². The first kappa shape index (κ1) is 27.8. The van der Waals surface area contributed by atoms with Crippen molar-refractivity contribution < 1.29 is 17.9 Å². The van der Waals surface area contributed by atoms with Gasteiger partial charge in [0.05, 0.1) is 16.0 Å². The van der Waals surface area contributed by atoms with Gasteiger partial charge in [0.15, 0.2) is 5.11 Å². The lowest BCUT2D eigenvalue weighted by Gasteiger charge is -2.13. The van der Waals surface area contributed by atoms with Crippen LogP contribution >= 0.6 is 28.1 Å². The van der Waals surface area contributed by atoms with Crippen LogP contribution in [0.3, 0.4) is 0 Å². The Bertz CT molecular complexity index is 1300. The van der Waals surface area contributed by atoms with Gasteiger partial charge in [-0.25, -0.2) is 13.1 Å². The highest BCUT2D eigenvalue weighted by atomic mass is 79.9. The van der Waals surface area contributed by atoms with E-state index in [0.717, 1.165) is 5.56 Å². The van der Waals surface area contributed by atoms with E-state index in [2.05, 4.69) is 45.1 Å². The summed E-state index contributed by atoms with van der Waals surface area (Å²) in [4.78, 5) is 12.7. The van der Waals surface area contributed by atoms with E-state index in [1.54, 1.807) is 30.3 Å². The average Bonchev–Trinajstić information content (AvgIpc) is 2.84. The van der Waals surface area contributed by atoms with Gasteiger partial charge in [-0.2, -0.15) is 0 Å². The van der Waals surface area contributed by atoms with Crippen molar-refractivity contribution >= 4 is 54.9 Å². The number of nitrogens with one attached hydrogen (secondary N) is 3. The van der Waals surface area contributed by atoms with Crippen molar-refractivity contribution in [2.24, 2.45) is 5.92 Å². The molecule has 7 nitrogen and oxygen atoms in total. The van der Waals surface area contributed by atoms with Gasteiger partial charge in [-0.15, -0.1) is 0 Å². The SMILES string of the molecule is CC(C)COc1ccc(C(=O)NC(=S)Nc2ccc(S(=O)(=O)NCCc3ccccc3)cc2)cc1Br. The minimum atomic E-state index is -3.64. The van der Waals surface area contributed by atoms with Crippen LogP contribution in [-0.4, -0.2) is 32.6 Å². The molecular formula is C26H28BrN3O4S2. The van der Waals surface area contributed by atoms with Crippen molar-refractivity contribution in [3.05, 3.63) is 88.4 Å². The van der Waals surface area contributed by atoms with E-state index >= 15 is 0 Å². The molecule has 0 aromatic heterocycles. The molecule has 3 aromatic rings. The smallest absolute Gasteiger partial charge is 0.257 e. The molecule has 3 rings (SSSR count). The second-order valence-electron chi connectivity index (χ2n) is 8.42. The van der Waals surface area contributed by atoms with Crippen LogP contribution in [0.4, 0.5) is 5.69 Å². The first-order valence-electron chi connectivity index (χ1n) is 11.3. The van der Waals surface area contributed by atoms with Crippen LogP contribution < -0.4 is 20.1 Å². The molecule has 10 heteroatoms. The summed E-state index contributed by atoms with van der Waals surface area (Å²) in [5.41, 5.74) is 2.01. The fourth-order valence-electron chi connectivity index (χ4n) is 3.13. The summed E-state index contributed by atoms with van der Waals surface area (Å²) in [6.07, 6.45) is 0.595. The number of amides is 1. The van der Waals surface area contributed by atoms with Crippen LogP contribution in [0, 0.1) is 5.92 Å². The molecule has 0 spiro atoms. The largest absolute Gasteiger partial charge is 0.492 e. The zero-order chi connectivity index (χ0) is 26.1. The van der Waals surface area contributed by atoms with Gasteiger partial charge in [0.1, 0.15) is 5.75 Å². The summed E-state index contributed by atoms with van der Waals surface area (Å²) >= 11 is 8.67. The van der Waals surface area contributed by atoms with Gasteiger partial charge in [0, 0.05) is 17.8 Å². The maximum atomic E-state index is 12.6. The van der Waals surface area contributed by atoms with Gasteiger partial charge in [-0.05, 0) is 88.5 Å². The quantitative estimate of drug-likeness (QED) is 0.284. The molecule has 0 saturated heterocycles. The molecule has 36 heavy (non-hydrogen) atoms. The molecule has 3 N–H and O–H groups in total. The molecular weight excluding hydrogens is 562 g/mol. The maximum absolute atomic E-state index is 12.6. The van der Waals surface area contributed by atoms with Crippen molar-refractivity contribution in [2.45, 2.75) is 25.2 Å². The molecule has 3 aromatic carbocycles. The number of carbonyl (C=O) groups excluding carboxylic acids is 1. The molecule has 0 aliphatic rings. The Morgan fingerprint density at radius 3 is 2.36 bits per heavy atom. The number of hydrogen-bond donors (Lipinski definition) is 3. The summed E-state index contributed by atoms with van der Waals surface area (Å²) in [5.74, 6) is 0.657. The van der Waals surface area contributed by atoms with Crippen molar-refractivity contribution in [2.75, 3.05) is 18.5 Å². The number of ether oxygens (including phenoxy) is 1. The third-order valence-corrected chi connectivity index (χ3v) is 7.27. The van der Waals surface area contributed by atoms with Crippen molar-refractivity contribution in [3.63, 3.8) is 0 Å². The first-order valence-corrected chi connectivity index (χ1v) is 14.0. The Morgan fingerprint density at radius 2 is 1.72 bits per heavy atom. The second-order valence-corrected chi connectivity index (χ2v) is 11.4. The van der Waals surface area contributed by atoms with Crippen LogP contribution in [0.5, 0.6) is 5.75 Å². The van der Waals surface area contributed by atoms with E-state index in [-0.39, 0.29) is 15.9 Å². The number of carbonyl (C=O) groups is 1. The van der Waals surface area contributed by atoms with Crippen LogP contribution in [-0.2, 0) is 16.4 Å². The average molecular weight is 591 g/mol. The topological polar surface area (TPSA) is 96.5 Å². The highest BCUT2D eigenvalue weighted by molar-refractivity contribution is 9.10. The second kappa shape index (κ2) is 13.0. The molecule has 0 saturated carbocycles. The van der Waals surface area contributed by atoms with E-state index in [9.17, 15) is 13.2 Å². The summed E-state index contributed by atoms with van der Waals surface area (Å²) in [6, 6.07) is 20.8. The van der Waals surface area contributed by atoms with E-state index in [1.807, 2.05) is 30.3 Å². The molecule has 0 aliphatic heterocycles. The van der Waals surface area contributed by atoms with E-state index in [1.165, 1.54) is 12.1 Å². The third kappa shape index (κ3) is 8.41. The third-order valence-electron chi connectivity index (χ3n) is 4.96. The van der Waals surface area contributed by atoms with Gasteiger partial charge in [0.25, 0.3) is 5.91 Å². The van der Waals surface area contributed by atoms with Gasteiger partial charge in [-0.3, -0.25) is 10.1 Å². The Kier molecular flexibility index (Phi) is 10.0. The van der Waals surface area contributed by atoms with Crippen molar-refractivity contribution in [1.82, 2.24) is 10.0 Å². The monoisotopic (exact) mass is 589 g/mol. The van der Waals surface area contributed by atoms with Crippen LogP contribution in [0.1, 0.15) is 29.8 Å². The number of halogens is 1. The van der Waals surface area contributed by atoms with Crippen molar-refractivity contribution in [3.8, 4) is 5.75 Å². The number of benzene rings is 3. The summed E-state index contributed by atoms with van der Waals surface area (Å²) in [7, 11) is -3.64. The number of anilines is 1. The normalized spacial score (nSPS) is 11.2. The van der Waals surface area contributed by atoms with E-state index in [4.69, 9.17) is 17.0 Å². The Labute approximate surface area is 225 Å². The minimum Gasteiger partial charge on any atom is -0.492 e. The number of rotatable bonds is 10. The van der Waals surface area contributed by atoms with Gasteiger partial charge >= 0.3 is 0 Å². The highest BCUT2D eigenvalue weighted by Crippen LogP contribution is 2.26. The molecule has 1 amide bonds. The number of hydrogen-bond acceptors (Lipinski definition) is 5. The molecule has 0 atom stereocenters. The molecule has 0 fully saturated rings. The fraction of sp³-hybridized carbons (Fsp3) is 0.231. The van der Waals surface area contributed by atoms with E-state index in [0.29, 0.717) is 47.0 Å². The molecule has 0 unspecified atom stereocenters.